The number of rotatable bonds is 6. The molecule has 0 aliphatic carbocycles. The summed E-state index contributed by atoms with van der Waals surface area (Å²) in [5, 5.41) is 5.84. The molecule has 1 aromatic rings. The van der Waals surface area contributed by atoms with Crippen molar-refractivity contribution in [2.24, 2.45) is 5.92 Å². The third-order valence-electron chi connectivity index (χ3n) is 4.49. The van der Waals surface area contributed by atoms with Gasteiger partial charge in [0, 0.05) is 19.3 Å². The number of nitrogens with zero attached hydrogens (tertiary/aromatic N) is 1. The molecule has 0 saturated carbocycles. The smallest absolute Gasteiger partial charge is 0.374 e. The van der Waals surface area contributed by atoms with E-state index in [1.54, 1.807) is 0 Å². The Morgan fingerprint density at radius 3 is 2.71 bits per heavy atom. The molecule has 3 rings (SSSR count). The number of anilines is 1. The molecule has 0 aromatic carbocycles. The van der Waals surface area contributed by atoms with Crippen LogP contribution in [0.15, 0.2) is 18.3 Å². The quantitative estimate of drug-likeness (QED) is 0.780. The zero-order valence-electron chi connectivity index (χ0n) is 13.1. The SMILES string of the molecule is O=C(NCCCNc1ccc(C(F)(F)F)cn1)C1CC2CCC1O2. The lowest BCUT2D eigenvalue weighted by molar-refractivity contribution is -0.137. The lowest BCUT2D eigenvalue weighted by Crippen LogP contribution is -2.36. The molecule has 0 spiro atoms. The van der Waals surface area contributed by atoms with Crippen molar-refractivity contribution in [1.82, 2.24) is 10.3 Å². The van der Waals surface area contributed by atoms with E-state index in [-0.39, 0.29) is 24.0 Å². The largest absolute Gasteiger partial charge is 0.417 e. The van der Waals surface area contributed by atoms with E-state index in [1.165, 1.54) is 6.07 Å². The predicted molar refractivity (Wildman–Crippen MR) is 81.4 cm³/mol. The first-order valence-electron chi connectivity index (χ1n) is 8.14. The first-order chi connectivity index (χ1) is 11.4. The van der Waals surface area contributed by atoms with Crippen molar-refractivity contribution in [2.45, 2.75) is 44.1 Å². The third kappa shape index (κ3) is 3.98. The predicted octanol–water partition coefficient (Wildman–Crippen LogP) is 2.59. The highest BCUT2D eigenvalue weighted by molar-refractivity contribution is 5.79. The van der Waals surface area contributed by atoms with Gasteiger partial charge in [-0.1, -0.05) is 0 Å². The first-order valence-corrected chi connectivity index (χ1v) is 8.14. The number of amides is 1. The van der Waals surface area contributed by atoms with Gasteiger partial charge in [0.25, 0.3) is 0 Å². The van der Waals surface area contributed by atoms with Gasteiger partial charge in [0.15, 0.2) is 0 Å². The molecule has 2 N–H and O–H groups in total. The Morgan fingerprint density at radius 2 is 2.12 bits per heavy atom. The molecule has 0 radical (unpaired) electrons. The van der Waals surface area contributed by atoms with Crippen molar-refractivity contribution in [1.29, 1.82) is 0 Å². The topological polar surface area (TPSA) is 63.2 Å². The fourth-order valence-electron chi connectivity index (χ4n) is 3.23. The molecule has 2 fully saturated rings. The number of hydrogen-bond acceptors (Lipinski definition) is 4. The Labute approximate surface area is 138 Å². The van der Waals surface area contributed by atoms with E-state index in [0.717, 1.165) is 31.5 Å². The number of aromatic nitrogens is 1. The van der Waals surface area contributed by atoms with E-state index in [0.29, 0.717) is 25.3 Å². The van der Waals surface area contributed by atoms with Crippen molar-refractivity contribution in [2.75, 3.05) is 18.4 Å². The van der Waals surface area contributed by atoms with Crippen LogP contribution in [-0.4, -0.2) is 36.2 Å². The van der Waals surface area contributed by atoms with Gasteiger partial charge in [-0.15, -0.1) is 0 Å². The monoisotopic (exact) mass is 343 g/mol. The molecule has 2 bridgehead atoms. The third-order valence-corrected chi connectivity index (χ3v) is 4.49. The highest BCUT2D eigenvalue weighted by Crippen LogP contribution is 2.38. The number of pyridine rings is 1. The Balaban J connectivity index is 1.33. The normalized spacial score (nSPS) is 25.7. The maximum absolute atomic E-state index is 12.4. The van der Waals surface area contributed by atoms with Crippen LogP contribution in [0.3, 0.4) is 0 Å². The average Bonchev–Trinajstić information content (AvgIpc) is 3.17. The van der Waals surface area contributed by atoms with Crippen LogP contribution in [0.1, 0.15) is 31.2 Å². The molecule has 8 heteroatoms. The molecule has 24 heavy (non-hydrogen) atoms. The van der Waals surface area contributed by atoms with Crippen LogP contribution in [0, 0.1) is 5.92 Å². The first kappa shape index (κ1) is 17.0. The minimum Gasteiger partial charge on any atom is -0.374 e. The molecular formula is C16H20F3N3O2. The lowest BCUT2D eigenvalue weighted by Gasteiger charge is -2.18. The second-order valence-electron chi connectivity index (χ2n) is 6.22. The van der Waals surface area contributed by atoms with E-state index in [9.17, 15) is 18.0 Å². The standard InChI is InChI=1S/C16H20F3N3O2/c17-16(18,19)10-2-5-14(22-9-10)20-6-1-7-21-15(23)12-8-11-3-4-13(12)24-11/h2,5,9,11-13H,1,3-4,6-8H2,(H,20,22)(H,21,23). The molecule has 5 nitrogen and oxygen atoms in total. The second-order valence-corrected chi connectivity index (χ2v) is 6.22. The van der Waals surface area contributed by atoms with Gasteiger partial charge < -0.3 is 15.4 Å². The zero-order valence-corrected chi connectivity index (χ0v) is 13.1. The molecule has 1 amide bonds. The molecule has 3 unspecified atom stereocenters. The Bertz CT molecular complexity index is 577. The molecule has 3 heterocycles. The van der Waals surface area contributed by atoms with Gasteiger partial charge in [0.2, 0.25) is 5.91 Å². The summed E-state index contributed by atoms with van der Waals surface area (Å²) in [5.41, 5.74) is -0.770. The van der Waals surface area contributed by atoms with E-state index < -0.39 is 11.7 Å². The Kier molecular flexibility index (Phi) is 4.93. The summed E-state index contributed by atoms with van der Waals surface area (Å²) in [5.74, 6) is 0.388. The van der Waals surface area contributed by atoms with E-state index >= 15 is 0 Å². The Hall–Kier alpha value is -1.83. The van der Waals surface area contributed by atoms with E-state index in [2.05, 4.69) is 15.6 Å². The zero-order chi connectivity index (χ0) is 17.2. The number of halogens is 3. The van der Waals surface area contributed by atoms with Crippen molar-refractivity contribution in [3.63, 3.8) is 0 Å². The van der Waals surface area contributed by atoms with E-state index in [4.69, 9.17) is 4.74 Å². The van der Waals surface area contributed by atoms with Gasteiger partial charge in [-0.2, -0.15) is 13.2 Å². The summed E-state index contributed by atoms with van der Waals surface area (Å²) in [6, 6.07) is 2.29. The number of alkyl halides is 3. The van der Waals surface area contributed by atoms with Crippen molar-refractivity contribution in [3.05, 3.63) is 23.9 Å². The molecular weight excluding hydrogens is 323 g/mol. The minimum atomic E-state index is -4.38. The molecule has 1 aromatic heterocycles. The van der Waals surface area contributed by atoms with Crippen LogP contribution in [0.4, 0.5) is 19.0 Å². The molecule has 2 aliphatic rings. The summed E-state index contributed by atoms with van der Waals surface area (Å²) >= 11 is 0. The van der Waals surface area contributed by atoms with Gasteiger partial charge in [-0.25, -0.2) is 4.98 Å². The summed E-state index contributed by atoms with van der Waals surface area (Å²) in [6.07, 6.45) is 0.240. The van der Waals surface area contributed by atoms with Gasteiger partial charge in [-0.3, -0.25) is 4.79 Å². The fraction of sp³-hybridized carbons (Fsp3) is 0.625. The second kappa shape index (κ2) is 6.96. The molecule has 3 atom stereocenters. The van der Waals surface area contributed by atoms with Crippen LogP contribution < -0.4 is 10.6 Å². The van der Waals surface area contributed by atoms with E-state index in [1.807, 2.05) is 0 Å². The number of fused-ring (bicyclic) bond motifs is 2. The molecule has 2 saturated heterocycles. The molecule has 132 valence electrons. The van der Waals surface area contributed by atoms with Crippen LogP contribution in [-0.2, 0) is 15.7 Å². The number of ether oxygens (including phenoxy) is 1. The number of nitrogens with one attached hydrogen (secondary N) is 2. The summed E-state index contributed by atoms with van der Waals surface area (Å²) in [4.78, 5) is 15.8. The Morgan fingerprint density at radius 1 is 1.29 bits per heavy atom. The van der Waals surface area contributed by atoms with Crippen LogP contribution in [0.5, 0.6) is 0 Å². The van der Waals surface area contributed by atoms with Crippen molar-refractivity contribution in [3.8, 4) is 0 Å². The summed E-state index contributed by atoms with van der Waals surface area (Å²) < 4.78 is 42.9. The van der Waals surface area contributed by atoms with Gasteiger partial charge in [0.1, 0.15) is 5.82 Å². The minimum absolute atomic E-state index is 0.0340. The number of carbonyl (C=O) groups is 1. The number of hydrogen-bond donors (Lipinski definition) is 2. The summed E-state index contributed by atoms with van der Waals surface area (Å²) in [6.45, 7) is 1.03. The maximum atomic E-state index is 12.4. The molecule has 2 aliphatic heterocycles. The van der Waals surface area contributed by atoms with Gasteiger partial charge in [0.05, 0.1) is 23.7 Å². The number of carbonyl (C=O) groups excluding carboxylic acids is 1. The van der Waals surface area contributed by atoms with Crippen molar-refractivity contribution >= 4 is 11.7 Å². The van der Waals surface area contributed by atoms with Gasteiger partial charge >= 0.3 is 6.18 Å². The highest BCUT2D eigenvalue weighted by Gasteiger charge is 2.44. The van der Waals surface area contributed by atoms with Gasteiger partial charge in [-0.05, 0) is 37.8 Å². The highest BCUT2D eigenvalue weighted by atomic mass is 19.4. The van der Waals surface area contributed by atoms with Crippen LogP contribution in [0.2, 0.25) is 0 Å². The fourth-order valence-corrected chi connectivity index (χ4v) is 3.23. The summed E-state index contributed by atoms with van der Waals surface area (Å²) in [7, 11) is 0. The maximum Gasteiger partial charge on any atom is 0.417 e. The lowest BCUT2D eigenvalue weighted by atomic mass is 9.88. The van der Waals surface area contributed by atoms with Crippen LogP contribution in [0.25, 0.3) is 0 Å². The van der Waals surface area contributed by atoms with Crippen molar-refractivity contribution < 1.29 is 22.7 Å². The average molecular weight is 343 g/mol. The van der Waals surface area contributed by atoms with Crippen LogP contribution >= 0.6 is 0 Å².